The molecule has 0 atom stereocenters. The van der Waals surface area contributed by atoms with Gasteiger partial charge in [0.1, 0.15) is 5.82 Å². The van der Waals surface area contributed by atoms with Gasteiger partial charge in [-0.05, 0) is 48.0 Å². The first-order valence-electron chi connectivity index (χ1n) is 8.32. The number of aromatic carboxylic acids is 1. The number of carboxylic acids is 1. The highest BCUT2D eigenvalue weighted by Crippen LogP contribution is 2.32. The quantitative estimate of drug-likeness (QED) is 0.528. The van der Waals surface area contributed by atoms with Gasteiger partial charge >= 0.3 is 0 Å². The van der Waals surface area contributed by atoms with Gasteiger partial charge in [-0.25, -0.2) is 9.97 Å². The number of carbonyl (C=O) groups excluding carboxylic acids is 1. The molecule has 0 amide bonds. The summed E-state index contributed by atoms with van der Waals surface area (Å²) in [7, 11) is 0. The molecule has 0 spiro atoms. The Kier molecular flexibility index (Phi) is 4.86. The van der Waals surface area contributed by atoms with Crippen LogP contribution < -0.4 is 10.4 Å². The molecule has 0 unspecified atom stereocenters. The summed E-state index contributed by atoms with van der Waals surface area (Å²) in [5, 5.41) is 16.0. The molecule has 0 aliphatic carbocycles. The fraction of sp³-hybridized carbons (Fsp3) is 0. The van der Waals surface area contributed by atoms with Crippen LogP contribution in [0, 0.1) is 0 Å². The number of carboxylic acid groups (broad SMARTS) is 1. The Morgan fingerprint density at radius 1 is 0.929 bits per heavy atom. The Labute approximate surface area is 170 Å². The zero-order valence-corrected chi connectivity index (χ0v) is 15.8. The minimum absolute atomic E-state index is 0.0735. The Balaban J connectivity index is 1.85. The summed E-state index contributed by atoms with van der Waals surface area (Å²) in [6.07, 6.45) is 0. The number of halogens is 2. The Bertz CT molecular complexity index is 1210. The van der Waals surface area contributed by atoms with Crippen molar-refractivity contribution >= 4 is 51.6 Å². The van der Waals surface area contributed by atoms with Crippen molar-refractivity contribution in [3.05, 3.63) is 82.3 Å². The fourth-order valence-corrected chi connectivity index (χ4v) is 3.32. The number of para-hydroxylation sites is 1. The second-order valence-electron chi connectivity index (χ2n) is 6.03. The molecule has 0 aliphatic heterocycles. The van der Waals surface area contributed by atoms with Gasteiger partial charge < -0.3 is 15.2 Å². The lowest BCUT2D eigenvalue weighted by Gasteiger charge is -2.13. The number of aromatic nitrogens is 2. The fourth-order valence-electron chi connectivity index (χ4n) is 2.82. The lowest BCUT2D eigenvalue weighted by Crippen LogP contribution is -2.22. The van der Waals surface area contributed by atoms with Crippen LogP contribution in [0.1, 0.15) is 10.4 Å². The molecule has 3 aromatic carbocycles. The number of hydrogen-bond donors (Lipinski definition) is 1. The maximum Gasteiger partial charge on any atom is 0.163 e. The predicted molar refractivity (Wildman–Crippen MR) is 109 cm³/mol. The SMILES string of the molecule is O=C([O-])c1cccc(Nc2nc(-c3ccc(Cl)cc3Cl)nc3ccccc23)c1. The van der Waals surface area contributed by atoms with E-state index in [1.54, 1.807) is 30.3 Å². The average Bonchev–Trinajstić information content (AvgIpc) is 2.68. The van der Waals surface area contributed by atoms with Gasteiger partial charge in [0.2, 0.25) is 0 Å². The molecule has 1 heterocycles. The highest BCUT2D eigenvalue weighted by molar-refractivity contribution is 6.36. The minimum atomic E-state index is -1.25. The van der Waals surface area contributed by atoms with Crippen LogP contribution in [0.25, 0.3) is 22.3 Å². The van der Waals surface area contributed by atoms with E-state index in [1.807, 2.05) is 24.3 Å². The van der Waals surface area contributed by atoms with Crippen LogP contribution in [0.2, 0.25) is 10.0 Å². The maximum absolute atomic E-state index is 11.1. The molecule has 5 nitrogen and oxygen atoms in total. The third kappa shape index (κ3) is 3.63. The van der Waals surface area contributed by atoms with Crippen molar-refractivity contribution in [1.29, 1.82) is 0 Å². The summed E-state index contributed by atoms with van der Waals surface area (Å²) in [5.41, 5.74) is 2.00. The van der Waals surface area contributed by atoms with Crippen LogP contribution >= 0.6 is 23.2 Å². The summed E-state index contributed by atoms with van der Waals surface area (Å²) < 4.78 is 0. The zero-order valence-electron chi connectivity index (χ0n) is 14.3. The summed E-state index contributed by atoms with van der Waals surface area (Å²) >= 11 is 12.3. The number of benzene rings is 3. The molecular formula is C21H12Cl2N3O2-. The van der Waals surface area contributed by atoms with Gasteiger partial charge in [-0.15, -0.1) is 0 Å². The Morgan fingerprint density at radius 3 is 2.54 bits per heavy atom. The number of anilines is 2. The van der Waals surface area contributed by atoms with E-state index in [2.05, 4.69) is 15.3 Å². The molecule has 28 heavy (non-hydrogen) atoms. The third-order valence-corrected chi connectivity index (χ3v) is 4.68. The predicted octanol–water partition coefficient (Wildman–Crippen LogP) is 4.71. The van der Waals surface area contributed by atoms with E-state index < -0.39 is 5.97 Å². The van der Waals surface area contributed by atoms with Gasteiger partial charge in [0.05, 0.1) is 16.5 Å². The molecule has 0 saturated carbocycles. The molecule has 1 N–H and O–H groups in total. The molecular weight excluding hydrogens is 397 g/mol. The van der Waals surface area contributed by atoms with Gasteiger partial charge in [0.25, 0.3) is 0 Å². The van der Waals surface area contributed by atoms with E-state index in [0.29, 0.717) is 32.9 Å². The van der Waals surface area contributed by atoms with Crippen molar-refractivity contribution in [3.63, 3.8) is 0 Å². The van der Waals surface area contributed by atoms with Gasteiger partial charge in [0.15, 0.2) is 5.82 Å². The zero-order chi connectivity index (χ0) is 19.7. The van der Waals surface area contributed by atoms with Crippen molar-refractivity contribution in [3.8, 4) is 11.4 Å². The summed E-state index contributed by atoms with van der Waals surface area (Å²) in [6, 6.07) is 19.0. The van der Waals surface area contributed by atoms with Crippen LogP contribution in [-0.4, -0.2) is 15.9 Å². The lowest BCUT2D eigenvalue weighted by atomic mass is 10.1. The highest BCUT2D eigenvalue weighted by atomic mass is 35.5. The molecule has 0 aliphatic rings. The second-order valence-corrected chi connectivity index (χ2v) is 6.87. The number of fused-ring (bicyclic) bond motifs is 1. The second kappa shape index (κ2) is 7.46. The number of hydrogen-bond acceptors (Lipinski definition) is 5. The average molecular weight is 409 g/mol. The largest absolute Gasteiger partial charge is 0.545 e. The Morgan fingerprint density at radius 2 is 1.75 bits per heavy atom. The molecule has 0 fully saturated rings. The summed E-state index contributed by atoms with van der Waals surface area (Å²) in [4.78, 5) is 20.4. The molecule has 4 rings (SSSR count). The van der Waals surface area contributed by atoms with E-state index >= 15 is 0 Å². The molecule has 0 saturated heterocycles. The van der Waals surface area contributed by atoms with Gasteiger partial charge in [-0.3, -0.25) is 0 Å². The van der Waals surface area contributed by atoms with Crippen LogP contribution in [-0.2, 0) is 0 Å². The first-order chi connectivity index (χ1) is 13.5. The van der Waals surface area contributed by atoms with E-state index in [1.165, 1.54) is 12.1 Å². The van der Waals surface area contributed by atoms with Gasteiger partial charge in [0, 0.05) is 21.7 Å². The van der Waals surface area contributed by atoms with Crippen molar-refractivity contribution in [2.75, 3.05) is 5.32 Å². The first kappa shape index (κ1) is 18.2. The molecule has 138 valence electrons. The van der Waals surface area contributed by atoms with Crippen LogP contribution in [0.15, 0.2) is 66.7 Å². The highest BCUT2D eigenvalue weighted by Gasteiger charge is 2.13. The smallest absolute Gasteiger partial charge is 0.163 e. The van der Waals surface area contributed by atoms with E-state index in [9.17, 15) is 9.90 Å². The molecule has 0 bridgehead atoms. The lowest BCUT2D eigenvalue weighted by molar-refractivity contribution is -0.255. The van der Waals surface area contributed by atoms with Crippen molar-refractivity contribution in [1.82, 2.24) is 9.97 Å². The maximum atomic E-state index is 11.1. The normalized spacial score (nSPS) is 10.8. The minimum Gasteiger partial charge on any atom is -0.545 e. The van der Waals surface area contributed by atoms with E-state index in [0.717, 1.165) is 10.9 Å². The van der Waals surface area contributed by atoms with Crippen molar-refractivity contribution < 1.29 is 9.90 Å². The van der Waals surface area contributed by atoms with Gasteiger partial charge in [-0.2, -0.15) is 0 Å². The first-order valence-corrected chi connectivity index (χ1v) is 9.07. The number of nitrogens with one attached hydrogen (secondary N) is 1. The molecule has 1 aromatic heterocycles. The standard InChI is InChI=1S/C21H13Cl2N3O2/c22-13-8-9-15(17(23)11-13)19-25-18-7-2-1-6-16(18)20(26-19)24-14-5-3-4-12(10-14)21(27)28/h1-11H,(H,27,28)(H,24,25,26)/p-1. The molecule has 4 aromatic rings. The van der Waals surface area contributed by atoms with Crippen LogP contribution in [0.5, 0.6) is 0 Å². The number of nitrogens with zero attached hydrogens (tertiary/aromatic N) is 2. The molecule has 7 heteroatoms. The van der Waals surface area contributed by atoms with Crippen LogP contribution in [0.3, 0.4) is 0 Å². The Hall–Kier alpha value is -3.15. The van der Waals surface area contributed by atoms with Gasteiger partial charge in [-0.1, -0.05) is 47.5 Å². The molecule has 0 radical (unpaired) electrons. The monoisotopic (exact) mass is 408 g/mol. The topological polar surface area (TPSA) is 77.9 Å². The summed E-state index contributed by atoms with van der Waals surface area (Å²) in [5.74, 6) is -0.286. The van der Waals surface area contributed by atoms with E-state index in [-0.39, 0.29) is 5.56 Å². The number of rotatable bonds is 4. The van der Waals surface area contributed by atoms with E-state index in [4.69, 9.17) is 23.2 Å². The van der Waals surface area contributed by atoms with Crippen molar-refractivity contribution in [2.24, 2.45) is 0 Å². The van der Waals surface area contributed by atoms with Crippen LogP contribution in [0.4, 0.5) is 11.5 Å². The third-order valence-electron chi connectivity index (χ3n) is 4.14. The summed E-state index contributed by atoms with van der Waals surface area (Å²) in [6.45, 7) is 0. The van der Waals surface area contributed by atoms with Crippen molar-refractivity contribution in [2.45, 2.75) is 0 Å². The number of carbonyl (C=O) groups is 1.